The largest absolute Gasteiger partial charge is 0.450 e. The molecule has 0 fully saturated rings. The molecule has 0 atom stereocenters. The first-order chi connectivity index (χ1) is 14.0. The number of carbonyl (C=O) groups excluding carboxylic acids is 3. The van der Waals surface area contributed by atoms with Gasteiger partial charge in [-0.15, -0.1) is 0 Å². The van der Waals surface area contributed by atoms with E-state index in [9.17, 15) is 14.4 Å². The number of para-hydroxylation sites is 1. The van der Waals surface area contributed by atoms with Crippen LogP contribution >= 0.6 is 11.9 Å². The van der Waals surface area contributed by atoms with Gasteiger partial charge in [0.25, 0.3) is 0 Å². The lowest BCUT2D eigenvalue weighted by Crippen LogP contribution is -2.41. The molecule has 3 N–H and O–H groups in total. The van der Waals surface area contributed by atoms with Crippen molar-refractivity contribution in [3.63, 3.8) is 0 Å². The fraction of sp³-hybridized carbons (Fsp3) is 0.250. The Bertz CT molecular complexity index is 832. The van der Waals surface area contributed by atoms with E-state index >= 15 is 0 Å². The number of nitrogens with one attached hydrogen (secondary N) is 3. The Labute approximate surface area is 174 Å². The van der Waals surface area contributed by atoms with Crippen LogP contribution in [0.1, 0.15) is 18.9 Å². The Morgan fingerprint density at radius 2 is 1.72 bits per heavy atom. The molecule has 4 amide bonds. The predicted octanol–water partition coefficient (Wildman–Crippen LogP) is 3.25. The van der Waals surface area contributed by atoms with Crippen LogP contribution in [0.25, 0.3) is 0 Å². The molecule has 0 aliphatic heterocycles. The summed E-state index contributed by atoms with van der Waals surface area (Å²) in [6.45, 7) is 1.81. The second-order valence-electron chi connectivity index (χ2n) is 5.78. The van der Waals surface area contributed by atoms with E-state index in [4.69, 9.17) is 0 Å². The van der Waals surface area contributed by atoms with Gasteiger partial charge in [-0.1, -0.05) is 42.5 Å². The van der Waals surface area contributed by atoms with Crippen molar-refractivity contribution in [3.05, 3.63) is 60.2 Å². The van der Waals surface area contributed by atoms with Crippen LogP contribution in [-0.4, -0.2) is 31.7 Å². The Hall–Kier alpha value is -3.04. The number of rotatable bonds is 8. The average Bonchev–Trinajstić information content (AvgIpc) is 2.73. The first-order valence-corrected chi connectivity index (χ1v) is 9.90. The molecule has 9 heteroatoms. The summed E-state index contributed by atoms with van der Waals surface area (Å²) in [5.41, 5.74) is 4.57. The summed E-state index contributed by atoms with van der Waals surface area (Å²) < 4.78 is 7.16. The number of urea groups is 1. The number of anilines is 1. The molecule has 0 spiro atoms. The number of amides is 4. The number of ether oxygens (including phenoxy) is 1. The van der Waals surface area contributed by atoms with Gasteiger partial charge < -0.3 is 4.74 Å². The molecule has 2 rings (SSSR count). The summed E-state index contributed by atoms with van der Waals surface area (Å²) in [4.78, 5) is 36.5. The quantitative estimate of drug-likeness (QED) is 0.451. The molecular formula is C20H24N4O4S. The number of benzene rings is 2. The predicted molar refractivity (Wildman–Crippen MR) is 112 cm³/mol. The third-order valence-electron chi connectivity index (χ3n) is 3.79. The van der Waals surface area contributed by atoms with Crippen LogP contribution < -0.4 is 20.5 Å². The maximum atomic E-state index is 12.7. The molecule has 0 radical (unpaired) electrons. The molecular weight excluding hydrogens is 392 g/mol. The van der Waals surface area contributed by atoms with E-state index in [0.29, 0.717) is 23.4 Å². The first-order valence-electron chi connectivity index (χ1n) is 9.09. The maximum absolute atomic E-state index is 12.7. The van der Waals surface area contributed by atoms with Gasteiger partial charge >= 0.3 is 12.1 Å². The summed E-state index contributed by atoms with van der Waals surface area (Å²) in [6, 6.07) is 16.2. The molecule has 0 bridgehead atoms. The molecule has 2 aromatic carbocycles. The highest BCUT2D eigenvalue weighted by Crippen LogP contribution is 2.28. The lowest BCUT2D eigenvalue weighted by Gasteiger charge is -2.23. The normalized spacial score (nSPS) is 10.1. The smallest absolute Gasteiger partial charge is 0.415 e. The van der Waals surface area contributed by atoms with Gasteiger partial charge in [0, 0.05) is 13.5 Å². The van der Waals surface area contributed by atoms with Crippen LogP contribution in [0.4, 0.5) is 15.3 Å². The van der Waals surface area contributed by atoms with Crippen LogP contribution in [0.3, 0.4) is 0 Å². The van der Waals surface area contributed by atoms with Crippen LogP contribution in [0.5, 0.6) is 0 Å². The van der Waals surface area contributed by atoms with Crippen molar-refractivity contribution in [2.45, 2.75) is 24.7 Å². The van der Waals surface area contributed by atoms with Crippen molar-refractivity contribution in [1.29, 1.82) is 0 Å². The van der Waals surface area contributed by atoms with Crippen LogP contribution in [0.15, 0.2) is 59.5 Å². The van der Waals surface area contributed by atoms with Crippen LogP contribution in [0, 0.1) is 0 Å². The number of alkyl carbamates (subject to hydrolysis) is 1. The maximum Gasteiger partial charge on any atom is 0.415 e. The minimum Gasteiger partial charge on any atom is -0.450 e. The lowest BCUT2D eigenvalue weighted by molar-refractivity contribution is -0.119. The van der Waals surface area contributed by atoms with Gasteiger partial charge in [0.2, 0.25) is 5.91 Å². The number of hydrogen-bond donors (Lipinski definition) is 3. The number of hydrazine groups is 1. The zero-order valence-corrected chi connectivity index (χ0v) is 17.1. The highest BCUT2D eigenvalue weighted by Gasteiger charge is 2.18. The van der Waals surface area contributed by atoms with Gasteiger partial charge in [-0.25, -0.2) is 25.3 Å². The van der Waals surface area contributed by atoms with E-state index in [-0.39, 0.29) is 12.5 Å². The Morgan fingerprint density at radius 3 is 2.41 bits per heavy atom. The second-order valence-corrected chi connectivity index (χ2v) is 6.63. The molecule has 0 saturated heterocycles. The fourth-order valence-electron chi connectivity index (χ4n) is 2.50. The molecule has 0 heterocycles. The fourth-order valence-corrected chi connectivity index (χ4v) is 3.17. The van der Waals surface area contributed by atoms with Crippen LogP contribution in [0.2, 0.25) is 0 Å². The zero-order valence-electron chi connectivity index (χ0n) is 16.3. The molecule has 0 aromatic heterocycles. The molecule has 154 valence electrons. The van der Waals surface area contributed by atoms with E-state index in [1.165, 1.54) is 5.01 Å². The van der Waals surface area contributed by atoms with Gasteiger partial charge in [0.1, 0.15) is 0 Å². The number of nitrogens with zero attached hydrogens (tertiary/aromatic N) is 1. The third kappa shape index (κ3) is 7.13. The van der Waals surface area contributed by atoms with Gasteiger partial charge in [0.15, 0.2) is 0 Å². The topological polar surface area (TPSA) is 99.8 Å². The summed E-state index contributed by atoms with van der Waals surface area (Å²) >= 11 is 0.987. The van der Waals surface area contributed by atoms with E-state index < -0.39 is 12.1 Å². The number of hydrogen-bond acceptors (Lipinski definition) is 6. The summed E-state index contributed by atoms with van der Waals surface area (Å²) in [5, 5.41) is 3.49. The van der Waals surface area contributed by atoms with Crippen molar-refractivity contribution < 1.29 is 19.1 Å². The summed E-state index contributed by atoms with van der Waals surface area (Å²) in [7, 11) is 1.66. The van der Waals surface area contributed by atoms with Crippen molar-refractivity contribution >= 4 is 35.7 Å². The Balaban J connectivity index is 2.01. The molecule has 2 aromatic rings. The summed E-state index contributed by atoms with van der Waals surface area (Å²) in [5.74, 6) is -0.111. The van der Waals surface area contributed by atoms with Crippen molar-refractivity contribution in [2.24, 2.45) is 0 Å². The van der Waals surface area contributed by atoms with Crippen LogP contribution in [-0.2, 0) is 16.0 Å². The molecule has 0 aliphatic rings. The molecule has 29 heavy (non-hydrogen) atoms. The molecule has 0 aliphatic carbocycles. The Morgan fingerprint density at radius 1 is 1.03 bits per heavy atom. The van der Waals surface area contributed by atoms with E-state index in [1.54, 1.807) is 38.2 Å². The van der Waals surface area contributed by atoms with Gasteiger partial charge in [0.05, 0.1) is 17.2 Å². The highest BCUT2D eigenvalue weighted by molar-refractivity contribution is 7.98. The Kier molecular flexibility index (Phi) is 9.00. The molecule has 8 nitrogen and oxygen atoms in total. The molecule has 0 unspecified atom stereocenters. The van der Waals surface area contributed by atoms with E-state index in [1.807, 2.05) is 35.6 Å². The van der Waals surface area contributed by atoms with Gasteiger partial charge in [-0.2, -0.15) is 0 Å². The average molecular weight is 417 g/mol. The summed E-state index contributed by atoms with van der Waals surface area (Å²) in [6.07, 6.45) is 0.111. The second kappa shape index (κ2) is 11.7. The SMILES string of the molecule is CCOC(=O)NC(=O)NSc1ccccc1N(NC)C(=O)CCc1ccccc1. The van der Waals surface area contributed by atoms with Crippen molar-refractivity contribution in [1.82, 2.24) is 15.5 Å². The first kappa shape index (κ1) is 22.3. The van der Waals surface area contributed by atoms with E-state index in [0.717, 1.165) is 17.5 Å². The minimum atomic E-state index is -0.827. The van der Waals surface area contributed by atoms with Gasteiger partial charge in [-0.05, 0) is 43.0 Å². The lowest BCUT2D eigenvalue weighted by atomic mass is 10.1. The van der Waals surface area contributed by atoms with Gasteiger partial charge in [-0.3, -0.25) is 9.52 Å². The zero-order chi connectivity index (χ0) is 21.1. The monoisotopic (exact) mass is 416 g/mol. The standard InChI is InChI=1S/C20H24N4O4S/c1-3-28-20(27)22-19(26)23-29-17-12-8-7-11-16(17)24(21-2)18(25)14-13-15-9-5-4-6-10-15/h4-12,21H,3,13-14H2,1-2H3,(H2,22,23,26,27). The number of imide groups is 1. The number of carbonyl (C=O) groups is 3. The highest BCUT2D eigenvalue weighted by atomic mass is 32.2. The minimum absolute atomic E-state index is 0.111. The van der Waals surface area contributed by atoms with Crippen molar-refractivity contribution in [2.75, 3.05) is 18.7 Å². The third-order valence-corrected chi connectivity index (χ3v) is 4.65. The van der Waals surface area contributed by atoms with Crippen molar-refractivity contribution in [3.8, 4) is 0 Å². The number of aryl methyl sites for hydroxylation is 1. The van der Waals surface area contributed by atoms with E-state index in [2.05, 4.69) is 14.9 Å². The molecule has 0 saturated carbocycles.